The number of nitrogens with zero attached hydrogens (tertiary/aromatic N) is 5. The lowest BCUT2D eigenvalue weighted by atomic mass is 10.0. The van der Waals surface area contributed by atoms with Crippen molar-refractivity contribution >= 4 is 48.8 Å². The first-order chi connectivity index (χ1) is 20.2. The lowest BCUT2D eigenvalue weighted by molar-refractivity contribution is 0.318. The Labute approximate surface area is 246 Å². The lowest BCUT2D eigenvalue weighted by Gasteiger charge is -2.41. The van der Waals surface area contributed by atoms with Gasteiger partial charge in [-0.05, 0) is 62.2 Å². The van der Waals surface area contributed by atoms with E-state index in [9.17, 15) is 18.1 Å². The fourth-order valence-electron chi connectivity index (χ4n) is 5.18. The number of benzene rings is 2. The number of fused-ring (bicyclic) bond motifs is 1. The standard InChI is InChI=1S/C29H28F2N6O3S2/c1-2-37(29-34-27(26(14-32)41-29)18-5-7-19(30)8-6-18)25-13-24(17-3-4-17)33-28-22(25)11-21(12-23(28)31)36-15-20(16-36)35-42(39,40)10-9-38/h5-8,11-13,17,20,35,38H,2-4,9-10,15-16H2,1H3. The van der Waals surface area contributed by atoms with Crippen LogP contribution in [0.3, 0.4) is 0 Å². The van der Waals surface area contributed by atoms with E-state index < -0.39 is 22.4 Å². The number of aromatic nitrogens is 2. The molecule has 0 bridgehead atoms. The molecule has 2 fully saturated rings. The van der Waals surface area contributed by atoms with Crippen LogP contribution in [0.5, 0.6) is 0 Å². The molecular formula is C29H28F2N6O3S2. The van der Waals surface area contributed by atoms with Crippen LogP contribution in [0.25, 0.3) is 22.2 Å². The average molecular weight is 611 g/mol. The molecular weight excluding hydrogens is 582 g/mol. The van der Waals surface area contributed by atoms with Gasteiger partial charge in [-0.15, -0.1) is 0 Å². The van der Waals surface area contributed by atoms with Crippen LogP contribution < -0.4 is 14.5 Å². The van der Waals surface area contributed by atoms with E-state index in [4.69, 9.17) is 15.1 Å². The van der Waals surface area contributed by atoms with Crippen LogP contribution in [0.1, 0.15) is 36.3 Å². The molecule has 42 heavy (non-hydrogen) atoms. The Bertz CT molecular complexity index is 1800. The molecule has 3 heterocycles. The number of nitrogens with one attached hydrogen (secondary N) is 1. The molecule has 1 aliphatic heterocycles. The summed E-state index contributed by atoms with van der Waals surface area (Å²) in [6.45, 7) is 2.68. The maximum atomic E-state index is 15.7. The quantitative estimate of drug-likeness (QED) is 0.266. The Morgan fingerprint density at radius 1 is 1.17 bits per heavy atom. The van der Waals surface area contributed by atoms with Gasteiger partial charge in [0.25, 0.3) is 0 Å². The lowest BCUT2D eigenvalue weighted by Crippen LogP contribution is -2.59. The monoisotopic (exact) mass is 610 g/mol. The molecule has 0 spiro atoms. The molecule has 2 aromatic carbocycles. The van der Waals surface area contributed by atoms with Gasteiger partial charge in [-0.3, -0.25) is 0 Å². The maximum absolute atomic E-state index is 15.7. The first-order valence-corrected chi connectivity index (χ1v) is 16.1. The molecule has 2 N–H and O–H groups in total. The molecule has 0 unspecified atom stereocenters. The largest absolute Gasteiger partial charge is 0.395 e. The van der Waals surface area contributed by atoms with Crippen LogP contribution in [-0.2, 0) is 10.0 Å². The van der Waals surface area contributed by atoms with Gasteiger partial charge in [-0.2, -0.15) is 5.26 Å². The molecule has 1 saturated carbocycles. The molecule has 2 aliphatic rings. The zero-order chi connectivity index (χ0) is 29.6. The van der Waals surface area contributed by atoms with Crippen molar-refractivity contribution in [1.29, 1.82) is 5.26 Å². The molecule has 0 radical (unpaired) electrons. The predicted octanol–water partition coefficient (Wildman–Crippen LogP) is 4.64. The van der Waals surface area contributed by atoms with Gasteiger partial charge in [0.05, 0.1) is 24.1 Å². The molecule has 1 aliphatic carbocycles. The van der Waals surface area contributed by atoms with Gasteiger partial charge in [0.15, 0.2) is 10.9 Å². The fourth-order valence-corrected chi connectivity index (χ4v) is 7.15. The van der Waals surface area contributed by atoms with Crippen LogP contribution in [0.15, 0.2) is 42.5 Å². The second kappa shape index (κ2) is 11.2. The molecule has 4 aromatic rings. The summed E-state index contributed by atoms with van der Waals surface area (Å²) in [5.74, 6) is -0.968. The highest BCUT2D eigenvalue weighted by Crippen LogP contribution is 2.45. The minimum Gasteiger partial charge on any atom is -0.395 e. The molecule has 0 atom stereocenters. The van der Waals surface area contributed by atoms with E-state index in [2.05, 4.69) is 10.8 Å². The van der Waals surface area contributed by atoms with Crippen molar-refractivity contribution in [3.63, 3.8) is 0 Å². The smallest absolute Gasteiger partial charge is 0.214 e. The van der Waals surface area contributed by atoms with Crippen molar-refractivity contribution in [2.24, 2.45) is 0 Å². The van der Waals surface area contributed by atoms with Gasteiger partial charge >= 0.3 is 0 Å². The second-order valence-electron chi connectivity index (χ2n) is 10.5. The van der Waals surface area contributed by atoms with E-state index in [-0.39, 0.29) is 29.0 Å². The first kappa shape index (κ1) is 28.4. The maximum Gasteiger partial charge on any atom is 0.214 e. The van der Waals surface area contributed by atoms with Gasteiger partial charge < -0.3 is 14.9 Å². The summed E-state index contributed by atoms with van der Waals surface area (Å²) in [6.07, 6.45) is 1.96. The number of halogens is 2. The minimum absolute atomic E-state index is 0.244. The molecule has 1 saturated heterocycles. The number of rotatable bonds is 10. The average Bonchev–Trinajstić information content (AvgIpc) is 3.71. The third-order valence-electron chi connectivity index (χ3n) is 7.47. The number of pyridine rings is 1. The number of aliphatic hydroxyl groups excluding tert-OH is 1. The number of thiazole rings is 1. The van der Waals surface area contributed by atoms with Crippen molar-refractivity contribution in [2.45, 2.75) is 31.7 Å². The zero-order valence-electron chi connectivity index (χ0n) is 22.7. The Balaban J connectivity index is 1.39. The number of anilines is 3. The van der Waals surface area contributed by atoms with Crippen molar-refractivity contribution < 1.29 is 22.3 Å². The predicted molar refractivity (Wildman–Crippen MR) is 159 cm³/mol. The third kappa shape index (κ3) is 5.55. The summed E-state index contributed by atoms with van der Waals surface area (Å²) in [6, 6.07) is 13.0. The number of sulfonamides is 1. The van der Waals surface area contributed by atoms with Gasteiger partial charge in [-0.1, -0.05) is 11.3 Å². The van der Waals surface area contributed by atoms with Crippen molar-refractivity contribution in [3.05, 3.63) is 64.7 Å². The van der Waals surface area contributed by atoms with Gasteiger partial charge in [-0.25, -0.2) is 31.9 Å². The summed E-state index contributed by atoms with van der Waals surface area (Å²) in [7, 11) is -3.59. The first-order valence-electron chi connectivity index (χ1n) is 13.6. The molecule has 6 rings (SSSR count). The van der Waals surface area contributed by atoms with Crippen LogP contribution in [0.4, 0.5) is 25.3 Å². The molecule has 2 aromatic heterocycles. The van der Waals surface area contributed by atoms with Crippen LogP contribution >= 0.6 is 11.3 Å². The fraction of sp³-hybridized carbons (Fsp3) is 0.345. The van der Waals surface area contributed by atoms with Crippen molar-refractivity contribution in [3.8, 4) is 17.3 Å². The number of nitriles is 1. The van der Waals surface area contributed by atoms with E-state index in [0.717, 1.165) is 24.2 Å². The van der Waals surface area contributed by atoms with Gasteiger partial charge in [0, 0.05) is 47.9 Å². The Morgan fingerprint density at radius 2 is 1.90 bits per heavy atom. The summed E-state index contributed by atoms with van der Waals surface area (Å²) >= 11 is 1.22. The molecule has 0 amide bonds. The number of hydrogen-bond donors (Lipinski definition) is 2. The van der Waals surface area contributed by atoms with Crippen LogP contribution in [0.2, 0.25) is 0 Å². The highest BCUT2D eigenvalue weighted by Gasteiger charge is 2.32. The third-order valence-corrected chi connectivity index (χ3v) is 9.87. The van der Waals surface area contributed by atoms with Crippen LogP contribution in [0, 0.1) is 23.0 Å². The van der Waals surface area contributed by atoms with E-state index in [1.54, 1.807) is 12.1 Å². The topological polar surface area (TPSA) is 122 Å². The molecule has 13 heteroatoms. The molecule has 218 valence electrons. The SMILES string of the molecule is CCN(c1nc(-c2ccc(F)cc2)c(C#N)s1)c1cc(C2CC2)nc2c(F)cc(N3CC(NS(=O)(=O)CCO)C3)cc12. The van der Waals surface area contributed by atoms with Crippen molar-refractivity contribution in [1.82, 2.24) is 14.7 Å². The summed E-state index contributed by atoms with van der Waals surface area (Å²) < 4.78 is 55.9. The minimum atomic E-state index is -3.59. The van der Waals surface area contributed by atoms with Gasteiger partial charge in [0.2, 0.25) is 10.0 Å². The number of aliphatic hydroxyl groups is 1. The highest BCUT2D eigenvalue weighted by atomic mass is 32.2. The van der Waals surface area contributed by atoms with Crippen LogP contribution in [-0.4, -0.2) is 61.5 Å². The summed E-state index contributed by atoms with van der Waals surface area (Å²) in [5, 5.41) is 20.0. The Kier molecular flexibility index (Phi) is 7.57. The normalized spacial score (nSPS) is 15.5. The number of hydrogen-bond acceptors (Lipinski definition) is 9. The second-order valence-corrected chi connectivity index (χ2v) is 13.3. The van der Waals surface area contributed by atoms with E-state index in [1.807, 2.05) is 28.9 Å². The summed E-state index contributed by atoms with van der Waals surface area (Å²) in [5.41, 5.74) is 3.45. The van der Waals surface area contributed by atoms with Crippen molar-refractivity contribution in [2.75, 3.05) is 41.8 Å². The van der Waals surface area contributed by atoms with E-state index in [0.29, 0.717) is 52.0 Å². The summed E-state index contributed by atoms with van der Waals surface area (Å²) in [4.78, 5) is 13.7. The van der Waals surface area contributed by atoms with Gasteiger partial charge in [0.1, 0.15) is 28.0 Å². The Hall–Kier alpha value is -3.70. The highest BCUT2D eigenvalue weighted by molar-refractivity contribution is 7.89. The zero-order valence-corrected chi connectivity index (χ0v) is 24.4. The van der Waals surface area contributed by atoms with E-state index >= 15 is 4.39 Å². The van der Waals surface area contributed by atoms with E-state index in [1.165, 1.54) is 29.5 Å². The molecule has 9 nitrogen and oxygen atoms in total. The Morgan fingerprint density at radius 3 is 2.55 bits per heavy atom.